The van der Waals surface area contributed by atoms with Crippen LogP contribution in [0.15, 0.2) is 0 Å². The van der Waals surface area contributed by atoms with Crippen molar-refractivity contribution in [3.63, 3.8) is 0 Å². The summed E-state index contributed by atoms with van der Waals surface area (Å²) in [6.45, 7) is 7.68. The van der Waals surface area contributed by atoms with Crippen LogP contribution in [0.2, 0.25) is 0 Å². The molecule has 1 amide bonds. The maximum atomic E-state index is 11.6. The first-order valence-electron chi connectivity index (χ1n) is 5.46. The average molecular weight is 227 g/mol. The Morgan fingerprint density at radius 2 is 2.19 bits per heavy atom. The Balaban J connectivity index is 2.00. The van der Waals surface area contributed by atoms with Crippen molar-refractivity contribution in [2.75, 3.05) is 6.61 Å². The quantitative estimate of drug-likeness (QED) is 0.681. The molecule has 5 heteroatoms. The van der Waals surface area contributed by atoms with Crippen molar-refractivity contribution >= 4 is 12.1 Å². The summed E-state index contributed by atoms with van der Waals surface area (Å²) in [5, 5.41) is 2.65. The van der Waals surface area contributed by atoms with Crippen LogP contribution in [0.1, 0.15) is 27.7 Å². The number of rotatable bonds is 1. The van der Waals surface area contributed by atoms with E-state index in [1.807, 2.05) is 6.92 Å². The topological polar surface area (TPSA) is 64.6 Å². The van der Waals surface area contributed by atoms with Gasteiger partial charge in [0, 0.05) is 5.92 Å². The second-order valence-corrected chi connectivity index (χ2v) is 5.49. The van der Waals surface area contributed by atoms with Crippen molar-refractivity contribution in [3.8, 4) is 0 Å². The fourth-order valence-corrected chi connectivity index (χ4v) is 2.28. The zero-order valence-corrected chi connectivity index (χ0v) is 9.99. The number of cyclic esters (lactones) is 1. The molecule has 0 aromatic rings. The van der Waals surface area contributed by atoms with Gasteiger partial charge < -0.3 is 14.8 Å². The monoisotopic (exact) mass is 227 g/mol. The van der Waals surface area contributed by atoms with Gasteiger partial charge in [0.25, 0.3) is 0 Å². The highest BCUT2D eigenvalue weighted by atomic mass is 16.6. The molecule has 1 saturated carbocycles. The Hall–Kier alpha value is -1.26. The normalized spacial score (nSPS) is 36.4. The van der Waals surface area contributed by atoms with E-state index in [4.69, 9.17) is 9.47 Å². The fourth-order valence-electron chi connectivity index (χ4n) is 2.28. The van der Waals surface area contributed by atoms with Gasteiger partial charge in [-0.3, -0.25) is 0 Å². The third-order valence-corrected chi connectivity index (χ3v) is 3.24. The van der Waals surface area contributed by atoms with Gasteiger partial charge in [-0.1, -0.05) is 6.92 Å². The summed E-state index contributed by atoms with van der Waals surface area (Å²) in [6, 6.07) is 0. The zero-order chi connectivity index (χ0) is 12.1. The van der Waals surface area contributed by atoms with E-state index in [0.717, 1.165) is 0 Å². The molecule has 0 aromatic heterocycles. The lowest BCUT2D eigenvalue weighted by atomic mass is 10.2. The van der Waals surface area contributed by atoms with Crippen molar-refractivity contribution < 1.29 is 19.1 Å². The average Bonchev–Trinajstić information content (AvgIpc) is 2.46. The number of carbonyl (C=O) groups is 2. The maximum Gasteiger partial charge on any atom is 0.408 e. The minimum atomic E-state index is -0.817. The van der Waals surface area contributed by atoms with E-state index >= 15 is 0 Å². The van der Waals surface area contributed by atoms with Crippen LogP contribution in [0, 0.1) is 11.8 Å². The van der Waals surface area contributed by atoms with E-state index in [1.54, 1.807) is 20.8 Å². The molecule has 1 N–H and O–H groups in total. The van der Waals surface area contributed by atoms with Crippen LogP contribution in [-0.2, 0) is 14.3 Å². The van der Waals surface area contributed by atoms with E-state index in [9.17, 15) is 9.59 Å². The second kappa shape index (κ2) is 3.12. The molecular formula is C11H17NO4. The summed E-state index contributed by atoms with van der Waals surface area (Å²) in [6.07, 6.45) is -0.555. The highest BCUT2D eigenvalue weighted by molar-refractivity contribution is 5.92. The Morgan fingerprint density at radius 1 is 1.56 bits per heavy atom. The zero-order valence-electron chi connectivity index (χ0n) is 9.99. The van der Waals surface area contributed by atoms with E-state index < -0.39 is 17.2 Å². The molecule has 1 aliphatic carbocycles. The maximum absolute atomic E-state index is 11.6. The third kappa shape index (κ3) is 1.54. The van der Waals surface area contributed by atoms with Crippen LogP contribution >= 0.6 is 0 Å². The summed E-state index contributed by atoms with van der Waals surface area (Å²) in [7, 11) is 0. The molecular weight excluding hydrogens is 210 g/mol. The number of esters is 1. The van der Waals surface area contributed by atoms with Gasteiger partial charge >= 0.3 is 12.1 Å². The van der Waals surface area contributed by atoms with Crippen LogP contribution in [0.3, 0.4) is 0 Å². The van der Waals surface area contributed by atoms with E-state index in [-0.39, 0.29) is 17.8 Å². The molecule has 3 atom stereocenters. The molecule has 0 unspecified atom stereocenters. The molecule has 0 radical (unpaired) electrons. The van der Waals surface area contributed by atoms with Crippen LogP contribution in [0.4, 0.5) is 4.79 Å². The number of carbonyl (C=O) groups excluding carboxylic acids is 2. The molecule has 2 rings (SSSR count). The SMILES string of the molecule is C[C@H]1[C@@H]2COC(=O)[C@]12NC(=O)OC(C)(C)C. The minimum absolute atomic E-state index is 0.104. The van der Waals surface area contributed by atoms with E-state index in [1.165, 1.54) is 0 Å². The van der Waals surface area contributed by atoms with Gasteiger partial charge in [-0.25, -0.2) is 9.59 Å². The van der Waals surface area contributed by atoms with Gasteiger partial charge in [0.15, 0.2) is 0 Å². The highest BCUT2D eigenvalue weighted by Gasteiger charge is 2.73. The van der Waals surface area contributed by atoms with Crippen molar-refractivity contribution in [1.82, 2.24) is 5.32 Å². The van der Waals surface area contributed by atoms with Crippen LogP contribution in [-0.4, -0.2) is 29.8 Å². The molecule has 0 aromatic carbocycles. The van der Waals surface area contributed by atoms with E-state index in [2.05, 4.69) is 5.32 Å². The molecule has 0 bridgehead atoms. The Labute approximate surface area is 94.5 Å². The molecule has 5 nitrogen and oxygen atoms in total. The first kappa shape index (κ1) is 11.2. The summed E-state index contributed by atoms with van der Waals surface area (Å²) >= 11 is 0. The molecule has 2 aliphatic rings. The molecule has 1 aliphatic heterocycles. The van der Waals surface area contributed by atoms with Crippen molar-refractivity contribution in [1.29, 1.82) is 0 Å². The largest absolute Gasteiger partial charge is 0.464 e. The first-order chi connectivity index (χ1) is 7.27. The lowest BCUT2D eigenvalue weighted by Crippen LogP contribution is -2.46. The smallest absolute Gasteiger partial charge is 0.408 e. The number of hydrogen-bond acceptors (Lipinski definition) is 4. The predicted octanol–water partition coefficient (Wildman–Crippen LogP) is 1.07. The Morgan fingerprint density at radius 3 is 2.62 bits per heavy atom. The van der Waals surface area contributed by atoms with E-state index in [0.29, 0.717) is 6.61 Å². The summed E-state index contributed by atoms with van der Waals surface area (Å²) in [4.78, 5) is 23.2. The second-order valence-electron chi connectivity index (χ2n) is 5.49. The number of ether oxygens (including phenoxy) is 2. The van der Waals surface area contributed by atoms with Crippen LogP contribution < -0.4 is 5.32 Å². The highest BCUT2D eigenvalue weighted by Crippen LogP contribution is 2.55. The van der Waals surface area contributed by atoms with Crippen molar-refractivity contribution in [2.45, 2.75) is 38.8 Å². The van der Waals surface area contributed by atoms with Gasteiger partial charge in [-0.2, -0.15) is 0 Å². The summed E-state index contributed by atoms with van der Waals surface area (Å²) < 4.78 is 10.0. The molecule has 16 heavy (non-hydrogen) atoms. The fraction of sp³-hybridized carbons (Fsp3) is 0.818. The molecule has 0 spiro atoms. The Kier molecular flexibility index (Phi) is 2.19. The van der Waals surface area contributed by atoms with Gasteiger partial charge in [0.1, 0.15) is 11.1 Å². The first-order valence-corrected chi connectivity index (χ1v) is 5.46. The number of nitrogens with one attached hydrogen (secondary N) is 1. The minimum Gasteiger partial charge on any atom is -0.464 e. The molecule has 1 saturated heterocycles. The number of fused-ring (bicyclic) bond motifs is 1. The summed E-state index contributed by atoms with van der Waals surface area (Å²) in [5.74, 6) is -0.0929. The number of hydrogen-bond donors (Lipinski definition) is 1. The van der Waals surface area contributed by atoms with Gasteiger partial charge in [0.2, 0.25) is 0 Å². The molecule has 2 fully saturated rings. The lowest BCUT2D eigenvalue weighted by Gasteiger charge is -2.22. The number of alkyl carbamates (subject to hydrolysis) is 1. The Bertz CT molecular complexity index is 346. The standard InChI is InChI=1S/C11H17NO4/c1-6-7-5-15-8(13)11(6,7)12-9(14)16-10(2,3)4/h6-7H,5H2,1-4H3,(H,12,14)/t6-,7-,11-/m0/s1. The summed E-state index contributed by atoms with van der Waals surface area (Å²) in [5.41, 5.74) is -1.38. The lowest BCUT2D eigenvalue weighted by molar-refractivity contribution is -0.143. The third-order valence-electron chi connectivity index (χ3n) is 3.24. The van der Waals surface area contributed by atoms with Crippen molar-refractivity contribution in [2.24, 2.45) is 11.8 Å². The van der Waals surface area contributed by atoms with Crippen molar-refractivity contribution in [3.05, 3.63) is 0 Å². The molecule has 90 valence electrons. The van der Waals surface area contributed by atoms with Gasteiger partial charge in [-0.15, -0.1) is 0 Å². The van der Waals surface area contributed by atoms with Crippen LogP contribution in [0.5, 0.6) is 0 Å². The molecule has 1 heterocycles. The predicted molar refractivity (Wildman–Crippen MR) is 55.7 cm³/mol. The van der Waals surface area contributed by atoms with Crippen LogP contribution in [0.25, 0.3) is 0 Å². The van der Waals surface area contributed by atoms with Gasteiger partial charge in [-0.05, 0) is 26.7 Å². The number of amides is 1. The van der Waals surface area contributed by atoms with Gasteiger partial charge in [0.05, 0.1) is 6.61 Å².